The van der Waals surface area contributed by atoms with Gasteiger partial charge in [-0.15, -0.1) is 0 Å². The Morgan fingerprint density at radius 2 is 2.38 bits per heavy atom. The Kier molecular flexibility index (Phi) is 1.83. The maximum absolute atomic E-state index is 8.96. The van der Waals surface area contributed by atoms with Crippen molar-refractivity contribution in [2.24, 2.45) is 5.73 Å². The molecule has 1 rings (SSSR count). The fourth-order valence-electron chi connectivity index (χ4n) is 0.930. The van der Waals surface area contributed by atoms with Crippen molar-refractivity contribution in [3.8, 4) is 0 Å². The molecular formula is C5H12N2O. The molecule has 2 unspecified atom stereocenters. The molecular weight excluding hydrogens is 104 g/mol. The highest BCUT2D eigenvalue weighted by molar-refractivity contribution is 4.72. The van der Waals surface area contributed by atoms with E-state index in [0.717, 1.165) is 13.0 Å². The van der Waals surface area contributed by atoms with Gasteiger partial charge in [0.25, 0.3) is 0 Å². The van der Waals surface area contributed by atoms with E-state index in [-0.39, 0.29) is 12.3 Å². The summed E-state index contributed by atoms with van der Waals surface area (Å²) in [5.74, 6) is 0. The summed E-state index contributed by atoms with van der Waals surface area (Å²) in [6.45, 7) is 0.850. The molecule has 2 atom stereocenters. The van der Waals surface area contributed by atoms with Gasteiger partial charge in [0.2, 0.25) is 0 Å². The molecule has 0 aliphatic carbocycles. The third kappa shape index (κ3) is 1.43. The molecule has 1 fully saturated rings. The van der Waals surface area contributed by atoms with Gasteiger partial charge in [-0.25, -0.2) is 0 Å². The number of aliphatic hydroxyl groups is 1. The Bertz CT molecular complexity index is 68.8. The average Bonchev–Trinajstić information content (AvgIpc) is 1.64. The van der Waals surface area contributed by atoms with Crippen LogP contribution < -0.4 is 11.1 Å². The molecule has 0 aromatic carbocycles. The van der Waals surface area contributed by atoms with E-state index in [1.54, 1.807) is 0 Å². The summed E-state index contributed by atoms with van der Waals surface area (Å²) < 4.78 is 0. The molecule has 3 nitrogen and oxygen atoms in total. The van der Waals surface area contributed by atoms with E-state index in [1.807, 2.05) is 0 Å². The van der Waals surface area contributed by atoms with Crippen LogP contribution in [0, 0.1) is 0 Å². The fraction of sp³-hybridized carbons (Fsp3) is 1.00. The van der Waals surface area contributed by atoms with E-state index < -0.39 is 0 Å². The molecule has 0 saturated carbocycles. The first-order valence-electron chi connectivity index (χ1n) is 2.96. The van der Waals surface area contributed by atoms with E-state index in [2.05, 4.69) is 5.32 Å². The van der Waals surface area contributed by atoms with Crippen LogP contribution in [0.1, 0.15) is 12.8 Å². The monoisotopic (exact) mass is 116 g/mol. The number of hydrogen-bond acceptors (Lipinski definition) is 3. The zero-order valence-electron chi connectivity index (χ0n) is 4.80. The molecule has 48 valence electrons. The van der Waals surface area contributed by atoms with Crippen molar-refractivity contribution in [3.05, 3.63) is 0 Å². The summed E-state index contributed by atoms with van der Waals surface area (Å²) in [5.41, 5.74) is 5.45. The van der Waals surface area contributed by atoms with Gasteiger partial charge in [-0.3, -0.25) is 0 Å². The molecule has 0 amide bonds. The second-order valence-electron chi connectivity index (χ2n) is 2.24. The average molecular weight is 116 g/mol. The molecule has 0 bridgehead atoms. The van der Waals surface area contributed by atoms with Gasteiger partial charge in [0.15, 0.2) is 0 Å². The molecule has 3 heteroatoms. The third-order valence-electron chi connectivity index (χ3n) is 1.41. The Hall–Kier alpha value is -0.120. The van der Waals surface area contributed by atoms with Crippen LogP contribution in [-0.2, 0) is 0 Å². The van der Waals surface area contributed by atoms with Gasteiger partial charge in [0.05, 0.1) is 12.3 Å². The SMILES string of the molecule is NC1CC(O)CCN1. The van der Waals surface area contributed by atoms with Gasteiger partial charge in [-0.1, -0.05) is 0 Å². The van der Waals surface area contributed by atoms with Crippen LogP contribution >= 0.6 is 0 Å². The molecule has 1 heterocycles. The number of rotatable bonds is 0. The molecule has 1 aliphatic heterocycles. The Morgan fingerprint density at radius 3 is 2.75 bits per heavy atom. The first-order valence-corrected chi connectivity index (χ1v) is 2.96. The summed E-state index contributed by atoms with van der Waals surface area (Å²) >= 11 is 0. The molecule has 0 radical (unpaired) electrons. The Morgan fingerprint density at radius 1 is 1.62 bits per heavy atom. The highest BCUT2D eigenvalue weighted by Crippen LogP contribution is 2.03. The van der Waals surface area contributed by atoms with Crippen molar-refractivity contribution in [1.82, 2.24) is 5.32 Å². The second kappa shape index (κ2) is 2.44. The van der Waals surface area contributed by atoms with Gasteiger partial charge in [0.1, 0.15) is 0 Å². The second-order valence-corrected chi connectivity index (χ2v) is 2.24. The van der Waals surface area contributed by atoms with Crippen molar-refractivity contribution in [3.63, 3.8) is 0 Å². The van der Waals surface area contributed by atoms with Crippen LogP contribution in [0.5, 0.6) is 0 Å². The van der Waals surface area contributed by atoms with Gasteiger partial charge in [0, 0.05) is 6.42 Å². The largest absolute Gasteiger partial charge is 0.393 e. The predicted molar refractivity (Wildman–Crippen MR) is 31.2 cm³/mol. The lowest BCUT2D eigenvalue weighted by Crippen LogP contribution is -2.45. The zero-order valence-corrected chi connectivity index (χ0v) is 4.80. The van der Waals surface area contributed by atoms with Crippen molar-refractivity contribution in [2.75, 3.05) is 6.54 Å². The highest BCUT2D eigenvalue weighted by Gasteiger charge is 2.14. The summed E-state index contributed by atoms with van der Waals surface area (Å²) in [7, 11) is 0. The first-order chi connectivity index (χ1) is 3.79. The smallest absolute Gasteiger partial charge is 0.0579 e. The molecule has 0 aromatic rings. The van der Waals surface area contributed by atoms with Crippen LogP contribution in [0.2, 0.25) is 0 Å². The summed E-state index contributed by atoms with van der Waals surface area (Å²) in [5, 5.41) is 12.0. The Labute approximate surface area is 48.9 Å². The third-order valence-corrected chi connectivity index (χ3v) is 1.41. The van der Waals surface area contributed by atoms with Crippen LogP contribution in [0.25, 0.3) is 0 Å². The first kappa shape index (κ1) is 6.01. The van der Waals surface area contributed by atoms with Crippen LogP contribution in [0.3, 0.4) is 0 Å². The van der Waals surface area contributed by atoms with E-state index >= 15 is 0 Å². The predicted octanol–water partition coefficient (Wildman–Crippen LogP) is -0.985. The highest BCUT2D eigenvalue weighted by atomic mass is 16.3. The maximum Gasteiger partial charge on any atom is 0.0579 e. The van der Waals surface area contributed by atoms with Crippen molar-refractivity contribution in [2.45, 2.75) is 25.1 Å². The van der Waals surface area contributed by atoms with E-state index in [1.165, 1.54) is 0 Å². The van der Waals surface area contributed by atoms with Crippen molar-refractivity contribution < 1.29 is 5.11 Å². The van der Waals surface area contributed by atoms with Crippen molar-refractivity contribution >= 4 is 0 Å². The number of nitrogens with one attached hydrogen (secondary N) is 1. The topological polar surface area (TPSA) is 58.3 Å². The van der Waals surface area contributed by atoms with Gasteiger partial charge in [-0.2, -0.15) is 0 Å². The standard InChI is InChI=1S/C5H12N2O/c6-5-3-4(8)1-2-7-5/h4-5,7-8H,1-3,6H2. The quantitative estimate of drug-likeness (QED) is 0.381. The summed E-state index contributed by atoms with van der Waals surface area (Å²) in [4.78, 5) is 0. The molecule has 0 spiro atoms. The van der Waals surface area contributed by atoms with Crippen LogP contribution in [0.15, 0.2) is 0 Å². The Balaban J connectivity index is 2.23. The van der Waals surface area contributed by atoms with Crippen LogP contribution in [0.4, 0.5) is 0 Å². The summed E-state index contributed by atoms with van der Waals surface area (Å²) in [6.07, 6.45) is 1.37. The van der Waals surface area contributed by atoms with Crippen LogP contribution in [-0.4, -0.2) is 23.9 Å². The number of hydrogen-bond donors (Lipinski definition) is 3. The van der Waals surface area contributed by atoms with E-state index in [4.69, 9.17) is 10.8 Å². The minimum atomic E-state index is -0.175. The molecule has 1 aliphatic rings. The lowest BCUT2D eigenvalue weighted by Gasteiger charge is -2.23. The fourth-order valence-corrected chi connectivity index (χ4v) is 0.930. The molecule has 1 saturated heterocycles. The van der Waals surface area contributed by atoms with Crippen molar-refractivity contribution in [1.29, 1.82) is 0 Å². The minimum absolute atomic E-state index is 0.0127. The molecule has 4 N–H and O–H groups in total. The summed E-state index contributed by atoms with van der Waals surface area (Å²) in [6, 6.07) is 0. The lowest BCUT2D eigenvalue weighted by atomic mass is 10.1. The molecule has 0 aromatic heterocycles. The molecule has 8 heavy (non-hydrogen) atoms. The van der Waals surface area contributed by atoms with E-state index in [0.29, 0.717) is 6.42 Å². The lowest BCUT2D eigenvalue weighted by molar-refractivity contribution is 0.118. The zero-order chi connectivity index (χ0) is 5.98. The van der Waals surface area contributed by atoms with E-state index in [9.17, 15) is 0 Å². The van der Waals surface area contributed by atoms with Gasteiger partial charge >= 0.3 is 0 Å². The maximum atomic E-state index is 8.96. The number of piperidine rings is 1. The van der Waals surface area contributed by atoms with Gasteiger partial charge in [-0.05, 0) is 13.0 Å². The normalized spacial score (nSPS) is 39.8. The number of aliphatic hydroxyl groups excluding tert-OH is 1. The minimum Gasteiger partial charge on any atom is -0.393 e. The number of nitrogens with two attached hydrogens (primary N) is 1. The van der Waals surface area contributed by atoms with Gasteiger partial charge < -0.3 is 16.2 Å².